The summed E-state index contributed by atoms with van der Waals surface area (Å²) in [6, 6.07) is 21.2. The molecule has 9 nitrogen and oxygen atoms in total. The summed E-state index contributed by atoms with van der Waals surface area (Å²) in [7, 11) is 0. The summed E-state index contributed by atoms with van der Waals surface area (Å²) < 4.78 is 5.64. The van der Waals surface area contributed by atoms with Crippen LogP contribution in [-0.4, -0.2) is 65.7 Å². The smallest absolute Gasteiger partial charge is 0.407 e. The first-order valence-corrected chi connectivity index (χ1v) is 12.5. The van der Waals surface area contributed by atoms with Gasteiger partial charge in [0.1, 0.15) is 19.2 Å². The van der Waals surface area contributed by atoms with Gasteiger partial charge in [0.05, 0.1) is 17.3 Å². The molecule has 3 aliphatic rings. The van der Waals surface area contributed by atoms with Gasteiger partial charge in [0.15, 0.2) is 0 Å². The van der Waals surface area contributed by atoms with Gasteiger partial charge in [0.25, 0.3) is 5.91 Å². The highest BCUT2D eigenvalue weighted by Gasteiger charge is 2.46. The molecule has 1 fully saturated rings. The largest absolute Gasteiger partial charge is 0.480 e. The van der Waals surface area contributed by atoms with Crippen LogP contribution < -0.4 is 10.2 Å². The van der Waals surface area contributed by atoms with E-state index in [1.54, 1.807) is 24.3 Å². The highest BCUT2D eigenvalue weighted by atomic mass is 16.5. The highest BCUT2D eigenvalue weighted by molar-refractivity contribution is 6.12. The lowest BCUT2D eigenvalue weighted by atomic mass is 9.98. The molecule has 0 bridgehead atoms. The first kappa shape index (κ1) is 23.7. The number of carbonyl (C=O) groups is 4. The van der Waals surface area contributed by atoms with E-state index in [2.05, 4.69) is 17.4 Å². The van der Waals surface area contributed by atoms with Crippen LogP contribution in [-0.2, 0) is 14.3 Å². The summed E-state index contributed by atoms with van der Waals surface area (Å²) >= 11 is 0. The number of nitrogens with zero attached hydrogens (tertiary/aromatic N) is 2. The van der Waals surface area contributed by atoms with Crippen molar-refractivity contribution in [3.8, 4) is 11.1 Å². The topological polar surface area (TPSA) is 116 Å². The molecule has 1 aliphatic carbocycles. The Hall–Kier alpha value is -4.66. The Kier molecular flexibility index (Phi) is 5.83. The first-order valence-electron chi connectivity index (χ1n) is 12.5. The van der Waals surface area contributed by atoms with E-state index in [-0.39, 0.29) is 42.6 Å². The number of rotatable bonds is 5. The van der Waals surface area contributed by atoms with Crippen molar-refractivity contribution in [2.75, 3.05) is 24.6 Å². The molecule has 3 aromatic rings. The van der Waals surface area contributed by atoms with Crippen molar-refractivity contribution in [1.29, 1.82) is 0 Å². The fourth-order valence-corrected chi connectivity index (χ4v) is 5.85. The van der Waals surface area contributed by atoms with E-state index in [1.807, 2.05) is 36.4 Å². The number of ether oxygens (including phenoxy) is 1. The fraction of sp³-hybridized carbons (Fsp3) is 0.241. The molecule has 0 aromatic heterocycles. The van der Waals surface area contributed by atoms with Crippen LogP contribution in [0, 0.1) is 0 Å². The monoisotopic (exact) mass is 511 g/mol. The summed E-state index contributed by atoms with van der Waals surface area (Å²) in [5, 5.41) is 12.2. The van der Waals surface area contributed by atoms with E-state index in [0.717, 1.165) is 27.2 Å². The summed E-state index contributed by atoms with van der Waals surface area (Å²) in [5.41, 5.74) is 4.99. The third-order valence-corrected chi connectivity index (χ3v) is 7.50. The second-order valence-electron chi connectivity index (χ2n) is 9.71. The zero-order valence-corrected chi connectivity index (χ0v) is 20.4. The van der Waals surface area contributed by atoms with Crippen molar-refractivity contribution in [1.82, 2.24) is 10.2 Å². The van der Waals surface area contributed by atoms with Crippen molar-refractivity contribution < 1.29 is 29.0 Å². The lowest BCUT2D eigenvalue weighted by molar-refractivity contribution is -0.137. The molecule has 1 unspecified atom stereocenters. The molecule has 0 saturated carbocycles. The Bertz CT molecular complexity index is 1420. The number of carboxylic acid groups (broad SMARTS) is 1. The standard InChI is InChI=1S/C29H25N3O6/c33-26(34)15-32-24-12-6-5-11-22(24)27(35)31-14-17(13-25(31)28(32)36)30-29(37)38-16-23-20-9-3-1-7-18(20)19-8-2-4-10-21(19)23/h1-12,17,23,25H,13-16H2,(H,30,37)(H,33,34)/t17?,25-/m0/s1. The molecule has 0 radical (unpaired) electrons. The number of nitrogens with one attached hydrogen (secondary N) is 1. The van der Waals surface area contributed by atoms with E-state index in [0.29, 0.717) is 0 Å². The van der Waals surface area contributed by atoms with Gasteiger partial charge < -0.3 is 20.1 Å². The van der Waals surface area contributed by atoms with Gasteiger partial charge in [0.2, 0.25) is 5.91 Å². The minimum Gasteiger partial charge on any atom is -0.480 e. The van der Waals surface area contributed by atoms with Crippen LogP contribution in [0.3, 0.4) is 0 Å². The highest BCUT2D eigenvalue weighted by Crippen LogP contribution is 2.44. The maximum absolute atomic E-state index is 13.4. The maximum Gasteiger partial charge on any atom is 0.407 e. The summed E-state index contributed by atoms with van der Waals surface area (Å²) in [6.45, 7) is -0.288. The minimum absolute atomic E-state index is 0.0872. The molecule has 3 aromatic carbocycles. The molecule has 192 valence electrons. The third kappa shape index (κ3) is 3.96. The SMILES string of the molecule is O=C(O)CN1C(=O)[C@@H]2CC(NC(=O)OCC3c4ccccc4-c4ccccc43)CN2C(=O)c2ccccc21. The third-order valence-electron chi connectivity index (χ3n) is 7.50. The average molecular weight is 512 g/mol. The van der Waals surface area contributed by atoms with Crippen LogP contribution >= 0.6 is 0 Å². The number of hydrogen-bond acceptors (Lipinski definition) is 5. The molecule has 3 amide bonds. The van der Waals surface area contributed by atoms with Crippen molar-refractivity contribution in [3.05, 3.63) is 89.5 Å². The summed E-state index contributed by atoms with van der Waals surface area (Å²) in [4.78, 5) is 53.5. The number of carbonyl (C=O) groups excluding carboxylic acids is 3. The van der Waals surface area contributed by atoms with Gasteiger partial charge in [-0.05, 0) is 40.8 Å². The lowest BCUT2D eigenvalue weighted by Crippen LogP contribution is -2.46. The van der Waals surface area contributed by atoms with Gasteiger partial charge in [-0.15, -0.1) is 0 Å². The van der Waals surface area contributed by atoms with Crippen molar-refractivity contribution in [2.45, 2.75) is 24.4 Å². The lowest BCUT2D eigenvalue weighted by Gasteiger charge is -2.24. The molecular formula is C29H25N3O6. The molecule has 6 rings (SSSR count). The molecule has 38 heavy (non-hydrogen) atoms. The fourth-order valence-electron chi connectivity index (χ4n) is 5.85. The first-order chi connectivity index (χ1) is 18.4. The molecule has 1 saturated heterocycles. The number of carboxylic acids is 1. The number of para-hydroxylation sites is 1. The number of hydrogen-bond donors (Lipinski definition) is 2. The van der Waals surface area contributed by atoms with E-state index in [1.165, 1.54) is 4.90 Å². The number of anilines is 1. The van der Waals surface area contributed by atoms with Crippen molar-refractivity contribution in [3.63, 3.8) is 0 Å². The average Bonchev–Trinajstić information content (AvgIpc) is 3.47. The predicted molar refractivity (Wildman–Crippen MR) is 138 cm³/mol. The van der Waals surface area contributed by atoms with Crippen molar-refractivity contribution in [2.24, 2.45) is 0 Å². The number of alkyl carbamates (subject to hydrolysis) is 1. The van der Waals surface area contributed by atoms with Crippen LogP contribution in [0.15, 0.2) is 72.8 Å². The van der Waals surface area contributed by atoms with Crippen LogP contribution in [0.4, 0.5) is 10.5 Å². The second-order valence-corrected chi connectivity index (χ2v) is 9.71. The molecule has 2 N–H and O–H groups in total. The quantitative estimate of drug-likeness (QED) is 0.543. The van der Waals surface area contributed by atoms with Crippen LogP contribution in [0.2, 0.25) is 0 Å². The summed E-state index contributed by atoms with van der Waals surface area (Å²) in [5.74, 6) is -2.12. The van der Waals surface area contributed by atoms with Crippen molar-refractivity contribution >= 4 is 29.6 Å². The molecular weight excluding hydrogens is 486 g/mol. The Morgan fingerprint density at radius 2 is 1.50 bits per heavy atom. The normalized spacial score (nSPS) is 19.8. The number of benzene rings is 3. The number of fused-ring (bicyclic) bond motifs is 5. The van der Waals surface area contributed by atoms with Crippen LogP contribution in [0.5, 0.6) is 0 Å². The maximum atomic E-state index is 13.4. The molecule has 2 aliphatic heterocycles. The van der Waals surface area contributed by atoms with Gasteiger partial charge in [-0.3, -0.25) is 19.3 Å². The molecule has 2 atom stereocenters. The zero-order chi connectivity index (χ0) is 26.4. The van der Waals surface area contributed by atoms with E-state index in [9.17, 15) is 24.3 Å². The number of aliphatic carboxylic acids is 1. The van der Waals surface area contributed by atoms with Gasteiger partial charge >= 0.3 is 12.1 Å². The van der Waals surface area contributed by atoms with Crippen LogP contribution in [0.1, 0.15) is 33.8 Å². The van der Waals surface area contributed by atoms with Crippen LogP contribution in [0.25, 0.3) is 11.1 Å². The minimum atomic E-state index is -1.18. The number of amides is 3. The Labute approximate surface area is 218 Å². The van der Waals surface area contributed by atoms with E-state index < -0.39 is 36.6 Å². The molecule has 0 spiro atoms. The second kappa shape index (κ2) is 9.33. The molecule has 9 heteroatoms. The van der Waals surface area contributed by atoms with E-state index in [4.69, 9.17) is 4.74 Å². The van der Waals surface area contributed by atoms with Gasteiger partial charge in [0, 0.05) is 12.5 Å². The Morgan fingerprint density at radius 3 is 2.16 bits per heavy atom. The molecule has 2 heterocycles. The van der Waals surface area contributed by atoms with Gasteiger partial charge in [-0.1, -0.05) is 60.7 Å². The van der Waals surface area contributed by atoms with Gasteiger partial charge in [-0.2, -0.15) is 0 Å². The zero-order valence-electron chi connectivity index (χ0n) is 20.4. The van der Waals surface area contributed by atoms with E-state index >= 15 is 0 Å². The van der Waals surface area contributed by atoms with Gasteiger partial charge in [-0.25, -0.2) is 4.79 Å². The summed E-state index contributed by atoms with van der Waals surface area (Å²) in [6.07, 6.45) is -0.462. The Balaban J connectivity index is 1.16. The Morgan fingerprint density at radius 1 is 0.895 bits per heavy atom. The predicted octanol–water partition coefficient (Wildman–Crippen LogP) is 3.24.